The summed E-state index contributed by atoms with van der Waals surface area (Å²) in [5, 5.41) is 1.96. The lowest BCUT2D eigenvalue weighted by atomic mass is 9.76. The van der Waals surface area contributed by atoms with Crippen molar-refractivity contribution >= 4 is 45.0 Å². The summed E-state index contributed by atoms with van der Waals surface area (Å²) in [4.78, 5) is 29.0. The highest BCUT2D eigenvalue weighted by molar-refractivity contribution is 7.88. The topological polar surface area (TPSA) is 95.6 Å². The molecule has 2 aromatic carbocycles. The molecule has 0 saturated heterocycles. The molecule has 0 spiro atoms. The number of hydrogen-bond acceptors (Lipinski definition) is 4. The van der Waals surface area contributed by atoms with E-state index >= 15 is 0 Å². The Morgan fingerprint density at radius 1 is 1.02 bits per heavy atom. The number of benzene rings is 2. The molecule has 2 aliphatic rings. The maximum atomic E-state index is 14.1. The fourth-order valence-electron chi connectivity index (χ4n) is 5.54. The van der Waals surface area contributed by atoms with Crippen LogP contribution in [0.3, 0.4) is 0 Å². The zero-order valence-corrected chi connectivity index (χ0v) is 23.8. The number of hydrogen-bond donors (Lipinski definition) is 2. The summed E-state index contributed by atoms with van der Waals surface area (Å²) in [6.45, 7) is -2.02. The van der Waals surface area contributed by atoms with Gasteiger partial charge in [-0.05, 0) is 42.2 Å². The van der Waals surface area contributed by atoms with Gasteiger partial charge in [0.05, 0.1) is 24.8 Å². The second-order valence-corrected chi connectivity index (χ2v) is 12.8. The van der Waals surface area contributed by atoms with Crippen molar-refractivity contribution in [3.05, 3.63) is 69.2 Å². The maximum absolute atomic E-state index is 14.1. The lowest BCUT2D eigenvalue weighted by Crippen LogP contribution is -2.59. The number of carbonyl (C=O) groups excluding carboxylic acids is 2. The van der Waals surface area contributed by atoms with Crippen molar-refractivity contribution in [1.29, 1.82) is 0 Å². The molecule has 1 aliphatic carbocycles. The number of nitrogens with one attached hydrogen (secondary N) is 2. The van der Waals surface area contributed by atoms with E-state index in [0.29, 0.717) is 25.7 Å². The summed E-state index contributed by atoms with van der Waals surface area (Å²) in [5.41, 5.74) is 0.312. The summed E-state index contributed by atoms with van der Waals surface area (Å²) < 4.78 is 93.3. The summed E-state index contributed by atoms with van der Waals surface area (Å²) in [7, 11) is -3.74. The molecule has 4 rings (SSSR count). The molecule has 2 amide bonds. The lowest BCUT2D eigenvalue weighted by Gasteiger charge is -2.49. The van der Waals surface area contributed by atoms with Crippen molar-refractivity contribution < 1.29 is 40.0 Å². The minimum Gasteiger partial charge on any atom is -0.349 e. The molecular formula is C26H26Cl2F5N3O4S. The number of sulfonamides is 1. The van der Waals surface area contributed by atoms with Crippen LogP contribution in [0.2, 0.25) is 10.0 Å². The molecular weight excluding hydrogens is 616 g/mol. The van der Waals surface area contributed by atoms with Crippen LogP contribution in [0.1, 0.15) is 59.1 Å². The Bertz CT molecular complexity index is 1440. The Labute approximate surface area is 243 Å². The molecule has 0 bridgehead atoms. The van der Waals surface area contributed by atoms with Crippen LogP contribution in [0.15, 0.2) is 42.5 Å². The number of alkyl halides is 5. The zero-order valence-electron chi connectivity index (χ0n) is 21.5. The van der Waals surface area contributed by atoms with E-state index in [9.17, 15) is 40.0 Å². The summed E-state index contributed by atoms with van der Waals surface area (Å²) >= 11 is 12.6. The van der Waals surface area contributed by atoms with E-state index in [0.717, 1.165) is 6.26 Å². The number of carbonyl (C=O) groups is 2. The molecule has 1 unspecified atom stereocenters. The quantitative estimate of drug-likeness (QED) is 0.393. The molecule has 1 aliphatic heterocycles. The van der Waals surface area contributed by atoms with Gasteiger partial charge in [0.1, 0.15) is 0 Å². The van der Waals surface area contributed by atoms with E-state index in [-0.39, 0.29) is 26.7 Å². The van der Waals surface area contributed by atoms with Crippen LogP contribution in [0.5, 0.6) is 0 Å². The number of halogens is 7. The molecule has 2 N–H and O–H groups in total. The van der Waals surface area contributed by atoms with Crippen molar-refractivity contribution in [2.75, 3.05) is 12.8 Å². The largest absolute Gasteiger partial charge is 0.455 e. The Kier molecular flexibility index (Phi) is 8.94. The Morgan fingerprint density at radius 2 is 1.68 bits per heavy atom. The van der Waals surface area contributed by atoms with Crippen LogP contribution < -0.4 is 10.0 Å². The van der Waals surface area contributed by atoms with Gasteiger partial charge in [-0.1, -0.05) is 60.3 Å². The standard InChI is InChI=1S/C26H26Cl2F5N3O4S/c1-41(39,40)35-19-8-4-5-9-20(19)36-22(17-11-10-14(27)12-18(17)28)21(15-6-2-3-7-16(15)24(36)38)23(37)34-13-25(29,30)26(31,32)33/h2-3,6-7,10-12,19-22,35H,4-5,8-9,13H2,1H3,(H,34,37)/t19-,20?,21+,22-/m0/s1. The SMILES string of the molecule is CS(=O)(=O)N[C@H]1CCCCC1N1C(=O)c2ccccc2[C@@H](C(=O)NCC(F)(F)C(F)(F)F)[C@@H]1c1ccc(Cl)cc1Cl. The van der Waals surface area contributed by atoms with Crippen LogP contribution in [0, 0.1) is 0 Å². The molecule has 0 radical (unpaired) electrons. The predicted molar refractivity (Wildman–Crippen MR) is 143 cm³/mol. The fraction of sp³-hybridized carbons (Fsp3) is 0.462. The van der Waals surface area contributed by atoms with Gasteiger partial charge < -0.3 is 10.2 Å². The number of fused-ring (bicyclic) bond motifs is 1. The third kappa shape index (κ3) is 6.63. The second-order valence-electron chi connectivity index (χ2n) is 10.2. The van der Waals surface area contributed by atoms with Crippen LogP contribution >= 0.6 is 23.2 Å². The molecule has 4 atom stereocenters. The molecule has 1 saturated carbocycles. The first-order valence-electron chi connectivity index (χ1n) is 12.6. The predicted octanol–water partition coefficient (Wildman–Crippen LogP) is 5.45. The molecule has 2 aromatic rings. The normalized spacial score (nSPS) is 23.7. The minimum absolute atomic E-state index is 0.0153. The van der Waals surface area contributed by atoms with Gasteiger partial charge in [0.15, 0.2) is 0 Å². The number of nitrogens with zero attached hydrogens (tertiary/aromatic N) is 1. The van der Waals surface area contributed by atoms with Crippen molar-refractivity contribution in [3.63, 3.8) is 0 Å². The van der Waals surface area contributed by atoms with Crippen LogP contribution in [0.4, 0.5) is 22.0 Å². The average molecular weight is 642 g/mol. The van der Waals surface area contributed by atoms with Gasteiger partial charge in [-0.25, -0.2) is 13.1 Å². The first-order valence-corrected chi connectivity index (χ1v) is 15.2. The van der Waals surface area contributed by atoms with Gasteiger partial charge in [0.2, 0.25) is 15.9 Å². The monoisotopic (exact) mass is 641 g/mol. The second kappa shape index (κ2) is 11.7. The Morgan fingerprint density at radius 3 is 2.32 bits per heavy atom. The number of rotatable bonds is 7. The highest BCUT2D eigenvalue weighted by atomic mass is 35.5. The van der Waals surface area contributed by atoms with Gasteiger partial charge in [0, 0.05) is 27.7 Å². The fourth-order valence-corrected chi connectivity index (χ4v) is 6.88. The summed E-state index contributed by atoms with van der Waals surface area (Å²) in [6.07, 6.45) is -3.00. The van der Waals surface area contributed by atoms with E-state index in [1.54, 1.807) is 5.32 Å². The van der Waals surface area contributed by atoms with Gasteiger partial charge in [-0.2, -0.15) is 22.0 Å². The first kappa shape index (κ1) is 31.5. The van der Waals surface area contributed by atoms with Crippen molar-refractivity contribution in [3.8, 4) is 0 Å². The molecule has 7 nitrogen and oxygen atoms in total. The van der Waals surface area contributed by atoms with Crippen LogP contribution in [0.25, 0.3) is 0 Å². The Balaban J connectivity index is 1.89. The van der Waals surface area contributed by atoms with E-state index in [4.69, 9.17) is 23.2 Å². The molecule has 0 aromatic heterocycles. The molecule has 15 heteroatoms. The van der Waals surface area contributed by atoms with E-state index < -0.39 is 64.5 Å². The third-order valence-electron chi connectivity index (χ3n) is 7.29. The molecule has 224 valence electrons. The summed E-state index contributed by atoms with van der Waals surface area (Å²) in [5.74, 6) is -8.47. The van der Waals surface area contributed by atoms with Crippen molar-refractivity contribution in [1.82, 2.24) is 14.9 Å². The summed E-state index contributed by atoms with van der Waals surface area (Å²) in [6, 6.07) is 7.21. The average Bonchev–Trinajstić information content (AvgIpc) is 2.86. The van der Waals surface area contributed by atoms with E-state index in [2.05, 4.69) is 4.72 Å². The molecule has 1 heterocycles. The van der Waals surface area contributed by atoms with E-state index in [1.165, 1.54) is 47.4 Å². The third-order valence-corrected chi connectivity index (χ3v) is 8.58. The smallest absolute Gasteiger partial charge is 0.349 e. The highest BCUT2D eigenvalue weighted by Gasteiger charge is 2.58. The van der Waals surface area contributed by atoms with Gasteiger partial charge in [0.25, 0.3) is 5.91 Å². The van der Waals surface area contributed by atoms with Gasteiger partial charge in [-0.3, -0.25) is 9.59 Å². The Hall–Kier alpha value is -2.48. The van der Waals surface area contributed by atoms with Crippen LogP contribution in [-0.2, 0) is 14.8 Å². The van der Waals surface area contributed by atoms with Gasteiger partial charge >= 0.3 is 12.1 Å². The molecule has 1 fully saturated rings. The van der Waals surface area contributed by atoms with Crippen molar-refractivity contribution in [2.24, 2.45) is 0 Å². The van der Waals surface area contributed by atoms with Crippen molar-refractivity contribution in [2.45, 2.75) is 61.8 Å². The molecule has 41 heavy (non-hydrogen) atoms. The zero-order chi connectivity index (χ0) is 30.3. The van der Waals surface area contributed by atoms with E-state index in [1.807, 2.05) is 0 Å². The van der Waals surface area contributed by atoms with Gasteiger partial charge in [-0.15, -0.1) is 0 Å². The first-order chi connectivity index (χ1) is 19.0. The number of amides is 2. The highest BCUT2D eigenvalue weighted by Crippen LogP contribution is 2.48. The maximum Gasteiger partial charge on any atom is 0.455 e. The minimum atomic E-state index is -5.90. The van der Waals surface area contributed by atoms with Crippen LogP contribution in [-0.4, -0.2) is 62.1 Å². The lowest BCUT2D eigenvalue weighted by molar-refractivity contribution is -0.278.